The van der Waals surface area contributed by atoms with Crippen molar-refractivity contribution in [3.63, 3.8) is 0 Å². The number of nitrogens with one attached hydrogen (secondary N) is 2. The third-order valence-corrected chi connectivity index (χ3v) is 5.21. The van der Waals surface area contributed by atoms with Gasteiger partial charge in [0, 0.05) is 13.0 Å². The topological polar surface area (TPSA) is 59.0 Å². The average molecular weight is 348 g/mol. The van der Waals surface area contributed by atoms with E-state index in [4.69, 9.17) is 4.98 Å². The number of piperidine rings is 1. The number of aryl methyl sites for hydroxylation is 1. The Balaban J connectivity index is 1.71. The monoisotopic (exact) mass is 348 g/mol. The van der Waals surface area contributed by atoms with Crippen LogP contribution in [0.2, 0.25) is 0 Å². The lowest BCUT2D eigenvalue weighted by molar-refractivity contribution is -0.126. The number of benzene rings is 2. The number of para-hydroxylation sites is 2. The molecule has 26 heavy (non-hydrogen) atoms. The molecule has 1 atom stereocenters. The van der Waals surface area contributed by atoms with E-state index in [-0.39, 0.29) is 17.9 Å². The Hall–Kier alpha value is -2.66. The van der Waals surface area contributed by atoms with Gasteiger partial charge in [-0.1, -0.05) is 42.5 Å². The van der Waals surface area contributed by atoms with E-state index >= 15 is 0 Å². The maximum Gasteiger partial charge on any atom is 0.224 e. The number of amides is 1. The highest BCUT2D eigenvalue weighted by Crippen LogP contribution is 2.26. The molecule has 0 bridgehead atoms. The van der Waals surface area contributed by atoms with E-state index in [2.05, 4.69) is 21.3 Å². The van der Waals surface area contributed by atoms with Crippen LogP contribution in [0.15, 0.2) is 54.6 Å². The number of imidazole rings is 1. The predicted octanol–water partition coefficient (Wildman–Crippen LogP) is 2.78. The summed E-state index contributed by atoms with van der Waals surface area (Å²) in [6, 6.07) is 17.9. The van der Waals surface area contributed by atoms with Gasteiger partial charge in [0.2, 0.25) is 5.91 Å². The summed E-state index contributed by atoms with van der Waals surface area (Å²) in [5, 5.41) is 6.59. The fourth-order valence-electron chi connectivity index (χ4n) is 3.71. The second-order valence-electron chi connectivity index (χ2n) is 6.89. The summed E-state index contributed by atoms with van der Waals surface area (Å²) in [5.41, 5.74) is 3.06. The standard InChI is InChI=1S/C21H24N4O/c1-25-18-10-6-5-9-17(18)23-20(25)19(15-7-3-2-4-8-15)24-21(26)16-11-13-22-14-12-16/h2-10,16,19,22H,11-14H2,1H3,(H,24,26). The van der Waals surface area contributed by atoms with Crippen LogP contribution in [-0.4, -0.2) is 28.5 Å². The van der Waals surface area contributed by atoms with Crippen LogP contribution in [0.5, 0.6) is 0 Å². The van der Waals surface area contributed by atoms with Crippen molar-refractivity contribution in [3.05, 3.63) is 66.0 Å². The Morgan fingerprint density at radius 1 is 1.12 bits per heavy atom. The van der Waals surface area contributed by atoms with Gasteiger partial charge in [0.05, 0.1) is 11.0 Å². The van der Waals surface area contributed by atoms with Crippen molar-refractivity contribution >= 4 is 16.9 Å². The first-order valence-electron chi connectivity index (χ1n) is 9.21. The molecule has 3 aromatic rings. The molecule has 134 valence electrons. The van der Waals surface area contributed by atoms with Gasteiger partial charge in [-0.3, -0.25) is 4.79 Å². The zero-order valence-corrected chi connectivity index (χ0v) is 15.0. The Labute approximate surface area is 153 Å². The molecule has 1 saturated heterocycles. The quantitative estimate of drug-likeness (QED) is 0.762. The van der Waals surface area contributed by atoms with Crippen molar-refractivity contribution in [1.82, 2.24) is 20.2 Å². The Kier molecular flexibility index (Phi) is 4.71. The summed E-state index contributed by atoms with van der Waals surface area (Å²) in [7, 11) is 2.01. The molecule has 1 fully saturated rings. The van der Waals surface area contributed by atoms with Crippen LogP contribution in [0.1, 0.15) is 30.3 Å². The number of hydrogen-bond donors (Lipinski definition) is 2. The van der Waals surface area contributed by atoms with Gasteiger partial charge in [-0.25, -0.2) is 4.98 Å². The van der Waals surface area contributed by atoms with Gasteiger partial charge < -0.3 is 15.2 Å². The van der Waals surface area contributed by atoms with Crippen LogP contribution >= 0.6 is 0 Å². The Bertz CT molecular complexity index is 897. The van der Waals surface area contributed by atoms with E-state index in [0.717, 1.165) is 48.4 Å². The highest BCUT2D eigenvalue weighted by molar-refractivity contribution is 5.80. The zero-order chi connectivity index (χ0) is 17.9. The summed E-state index contributed by atoms with van der Waals surface area (Å²) < 4.78 is 2.08. The van der Waals surface area contributed by atoms with Gasteiger partial charge in [0.1, 0.15) is 11.9 Å². The molecular formula is C21H24N4O. The van der Waals surface area contributed by atoms with E-state index in [1.807, 2.05) is 55.6 Å². The van der Waals surface area contributed by atoms with Crippen molar-refractivity contribution in [2.45, 2.75) is 18.9 Å². The molecule has 0 aliphatic carbocycles. The predicted molar refractivity (Wildman–Crippen MR) is 103 cm³/mol. The minimum absolute atomic E-state index is 0.0668. The van der Waals surface area contributed by atoms with Crippen LogP contribution in [0.25, 0.3) is 11.0 Å². The maximum absolute atomic E-state index is 12.9. The summed E-state index contributed by atoms with van der Waals surface area (Å²) in [5.74, 6) is 1.05. The summed E-state index contributed by atoms with van der Waals surface area (Å²) in [6.45, 7) is 1.81. The molecular weight excluding hydrogens is 324 g/mol. The molecule has 4 rings (SSSR count). The average Bonchev–Trinajstić information content (AvgIpc) is 3.04. The number of carbonyl (C=O) groups excluding carboxylic acids is 1. The summed E-state index contributed by atoms with van der Waals surface area (Å²) >= 11 is 0. The lowest BCUT2D eigenvalue weighted by Gasteiger charge is -2.25. The second-order valence-corrected chi connectivity index (χ2v) is 6.89. The highest BCUT2D eigenvalue weighted by atomic mass is 16.2. The molecule has 0 spiro atoms. The van der Waals surface area contributed by atoms with Crippen LogP contribution in [0.3, 0.4) is 0 Å². The molecule has 2 heterocycles. The number of hydrogen-bond acceptors (Lipinski definition) is 3. The molecule has 1 aliphatic rings. The molecule has 0 radical (unpaired) electrons. The van der Waals surface area contributed by atoms with Crippen LogP contribution < -0.4 is 10.6 Å². The SMILES string of the molecule is Cn1c(C(NC(=O)C2CCNCC2)c2ccccc2)nc2ccccc21. The van der Waals surface area contributed by atoms with Crippen molar-refractivity contribution in [2.75, 3.05) is 13.1 Å². The zero-order valence-electron chi connectivity index (χ0n) is 15.0. The normalized spacial score (nSPS) is 16.5. The largest absolute Gasteiger partial charge is 0.342 e. The minimum Gasteiger partial charge on any atom is -0.342 e. The van der Waals surface area contributed by atoms with Gasteiger partial charge in [-0.15, -0.1) is 0 Å². The van der Waals surface area contributed by atoms with E-state index < -0.39 is 0 Å². The minimum atomic E-state index is -0.254. The van der Waals surface area contributed by atoms with E-state index in [1.54, 1.807) is 0 Å². The van der Waals surface area contributed by atoms with Crippen LogP contribution in [0.4, 0.5) is 0 Å². The third-order valence-electron chi connectivity index (χ3n) is 5.21. The fraction of sp³-hybridized carbons (Fsp3) is 0.333. The summed E-state index contributed by atoms with van der Waals surface area (Å²) in [4.78, 5) is 17.7. The van der Waals surface area contributed by atoms with Crippen LogP contribution in [-0.2, 0) is 11.8 Å². The Morgan fingerprint density at radius 2 is 1.81 bits per heavy atom. The van der Waals surface area contributed by atoms with Crippen molar-refractivity contribution < 1.29 is 4.79 Å². The fourth-order valence-corrected chi connectivity index (χ4v) is 3.71. The van der Waals surface area contributed by atoms with Crippen molar-refractivity contribution in [1.29, 1.82) is 0 Å². The van der Waals surface area contributed by atoms with Gasteiger partial charge in [-0.05, 0) is 43.6 Å². The molecule has 5 nitrogen and oxygen atoms in total. The molecule has 2 aromatic carbocycles. The summed E-state index contributed by atoms with van der Waals surface area (Å²) in [6.07, 6.45) is 1.77. The van der Waals surface area contributed by atoms with Gasteiger partial charge >= 0.3 is 0 Å². The molecule has 1 amide bonds. The smallest absolute Gasteiger partial charge is 0.224 e. The highest BCUT2D eigenvalue weighted by Gasteiger charge is 2.27. The van der Waals surface area contributed by atoms with Gasteiger partial charge in [0.15, 0.2) is 0 Å². The number of fused-ring (bicyclic) bond motifs is 1. The molecule has 1 aliphatic heterocycles. The first-order chi connectivity index (χ1) is 12.7. The molecule has 0 saturated carbocycles. The first kappa shape index (κ1) is 16.8. The molecule has 1 unspecified atom stereocenters. The molecule has 2 N–H and O–H groups in total. The lowest BCUT2D eigenvalue weighted by atomic mass is 9.96. The van der Waals surface area contributed by atoms with Gasteiger partial charge in [0.25, 0.3) is 0 Å². The van der Waals surface area contributed by atoms with E-state index in [1.165, 1.54) is 0 Å². The number of aromatic nitrogens is 2. The van der Waals surface area contributed by atoms with Crippen molar-refractivity contribution in [2.24, 2.45) is 13.0 Å². The van der Waals surface area contributed by atoms with Crippen LogP contribution in [0, 0.1) is 5.92 Å². The van der Waals surface area contributed by atoms with E-state index in [0.29, 0.717) is 0 Å². The third kappa shape index (κ3) is 3.22. The number of rotatable bonds is 4. The second kappa shape index (κ2) is 7.30. The van der Waals surface area contributed by atoms with E-state index in [9.17, 15) is 4.79 Å². The van der Waals surface area contributed by atoms with Gasteiger partial charge in [-0.2, -0.15) is 0 Å². The number of nitrogens with zero attached hydrogens (tertiary/aromatic N) is 2. The van der Waals surface area contributed by atoms with Crippen molar-refractivity contribution in [3.8, 4) is 0 Å². The molecule has 5 heteroatoms. The first-order valence-corrected chi connectivity index (χ1v) is 9.21. The maximum atomic E-state index is 12.9. The lowest BCUT2D eigenvalue weighted by Crippen LogP contribution is -2.40. The number of carbonyl (C=O) groups is 1. The Morgan fingerprint density at radius 3 is 2.54 bits per heavy atom. The molecule has 1 aromatic heterocycles.